The number of anilines is 1. The molecule has 204 valence electrons. The Kier molecular flexibility index (Phi) is 11.3. The predicted octanol–water partition coefficient (Wildman–Crippen LogP) is 4.11. The van der Waals surface area contributed by atoms with E-state index in [0.29, 0.717) is 34.3 Å². The van der Waals surface area contributed by atoms with Gasteiger partial charge < -0.3 is 19.7 Å². The van der Waals surface area contributed by atoms with Crippen LogP contribution in [0.3, 0.4) is 0 Å². The van der Waals surface area contributed by atoms with E-state index >= 15 is 0 Å². The summed E-state index contributed by atoms with van der Waals surface area (Å²) in [5.74, 6) is -0.321. The average molecular weight is 575 g/mol. The SMILES string of the molecule is CCCNC(=O)[C@@H](CC)N(Cc1ccc(Cl)cc1Cl)C(=O)CN(c1cc(OC)ccc1OC)S(C)(=O)=O. The third-order valence-electron chi connectivity index (χ3n) is 5.62. The number of sulfonamides is 1. The highest BCUT2D eigenvalue weighted by atomic mass is 35.5. The minimum absolute atomic E-state index is 0.0280. The lowest BCUT2D eigenvalue weighted by Crippen LogP contribution is -2.52. The summed E-state index contributed by atoms with van der Waals surface area (Å²) in [7, 11) is -1.11. The summed E-state index contributed by atoms with van der Waals surface area (Å²) in [4.78, 5) is 28.1. The molecule has 12 heteroatoms. The van der Waals surface area contributed by atoms with Crippen molar-refractivity contribution in [1.82, 2.24) is 10.2 Å². The van der Waals surface area contributed by atoms with Crippen LogP contribution < -0.4 is 19.1 Å². The summed E-state index contributed by atoms with van der Waals surface area (Å²) in [6.45, 7) is 3.53. The second-order valence-corrected chi connectivity index (χ2v) is 11.0. The Labute approximate surface area is 228 Å². The molecule has 0 saturated carbocycles. The molecule has 9 nitrogen and oxygen atoms in total. The van der Waals surface area contributed by atoms with Gasteiger partial charge >= 0.3 is 0 Å². The van der Waals surface area contributed by atoms with Gasteiger partial charge in [0.1, 0.15) is 24.1 Å². The first-order valence-corrected chi connectivity index (χ1v) is 14.3. The maximum atomic E-state index is 13.8. The molecule has 0 radical (unpaired) electrons. The zero-order valence-corrected chi connectivity index (χ0v) is 23.9. The first-order valence-electron chi connectivity index (χ1n) is 11.7. The van der Waals surface area contributed by atoms with Crippen molar-refractivity contribution in [2.45, 2.75) is 39.3 Å². The van der Waals surface area contributed by atoms with Crippen LogP contribution in [-0.2, 0) is 26.2 Å². The van der Waals surface area contributed by atoms with Crippen molar-refractivity contribution >= 4 is 50.7 Å². The number of halogens is 2. The highest BCUT2D eigenvalue weighted by molar-refractivity contribution is 7.92. The number of rotatable bonds is 13. The van der Waals surface area contributed by atoms with Crippen molar-refractivity contribution in [3.8, 4) is 11.5 Å². The molecular formula is C25H33Cl2N3O6S. The maximum Gasteiger partial charge on any atom is 0.244 e. The van der Waals surface area contributed by atoms with Crippen molar-refractivity contribution in [2.75, 3.05) is 37.9 Å². The molecule has 0 aliphatic heterocycles. The fourth-order valence-electron chi connectivity index (χ4n) is 3.71. The number of nitrogens with zero attached hydrogens (tertiary/aromatic N) is 2. The molecule has 0 aliphatic carbocycles. The molecule has 0 saturated heterocycles. The molecule has 2 rings (SSSR count). The van der Waals surface area contributed by atoms with Crippen LogP contribution in [0.1, 0.15) is 32.3 Å². The number of carbonyl (C=O) groups excluding carboxylic acids is 2. The van der Waals surface area contributed by atoms with Crippen LogP contribution in [0.5, 0.6) is 11.5 Å². The lowest BCUT2D eigenvalue weighted by Gasteiger charge is -2.33. The molecule has 2 amide bonds. The van der Waals surface area contributed by atoms with Crippen molar-refractivity contribution in [1.29, 1.82) is 0 Å². The third kappa shape index (κ3) is 8.15. The fraction of sp³-hybridized carbons (Fsp3) is 0.440. The summed E-state index contributed by atoms with van der Waals surface area (Å²) in [5.41, 5.74) is 0.691. The molecule has 2 aromatic rings. The summed E-state index contributed by atoms with van der Waals surface area (Å²) in [6.07, 6.45) is 2.01. The van der Waals surface area contributed by atoms with Gasteiger partial charge in [-0.15, -0.1) is 0 Å². The largest absolute Gasteiger partial charge is 0.497 e. The smallest absolute Gasteiger partial charge is 0.244 e. The van der Waals surface area contributed by atoms with Crippen molar-refractivity contribution in [2.24, 2.45) is 0 Å². The van der Waals surface area contributed by atoms with E-state index in [-0.39, 0.29) is 23.9 Å². The normalized spacial score (nSPS) is 12.0. The molecule has 37 heavy (non-hydrogen) atoms. The molecule has 0 bridgehead atoms. The van der Waals surface area contributed by atoms with E-state index in [0.717, 1.165) is 17.0 Å². The van der Waals surface area contributed by atoms with Gasteiger partial charge in [-0.3, -0.25) is 13.9 Å². The molecule has 0 spiro atoms. The molecule has 1 atom stereocenters. The van der Waals surface area contributed by atoms with Crippen molar-refractivity contribution in [3.63, 3.8) is 0 Å². The van der Waals surface area contributed by atoms with Gasteiger partial charge in [0, 0.05) is 29.2 Å². The highest BCUT2D eigenvalue weighted by Crippen LogP contribution is 2.34. The number of amides is 2. The van der Waals surface area contributed by atoms with Gasteiger partial charge in [-0.25, -0.2) is 8.42 Å². The molecule has 2 aromatic carbocycles. The molecular weight excluding hydrogens is 541 g/mol. The zero-order valence-electron chi connectivity index (χ0n) is 21.6. The Morgan fingerprint density at radius 1 is 1.05 bits per heavy atom. The van der Waals surface area contributed by atoms with Gasteiger partial charge in [0.05, 0.1) is 26.2 Å². The van der Waals surface area contributed by atoms with Gasteiger partial charge in [-0.1, -0.05) is 43.1 Å². The topological polar surface area (TPSA) is 105 Å². The molecule has 0 heterocycles. The Morgan fingerprint density at radius 2 is 1.76 bits per heavy atom. The van der Waals surface area contributed by atoms with Gasteiger partial charge in [-0.2, -0.15) is 0 Å². The van der Waals surface area contributed by atoms with Crippen LogP contribution in [0, 0.1) is 0 Å². The Balaban J connectivity index is 2.55. The van der Waals surface area contributed by atoms with Crippen molar-refractivity contribution < 1.29 is 27.5 Å². The van der Waals surface area contributed by atoms with Crippen LogP contribution in [0.15, 0.2) is 36.4 Å². The van der Waals surface area contributed by atoms with E-state index in [1.807, 2.05) is 6.92 Å². The summed E-state index contributed by atoms with van der Waals surface area (Å²) >= 11 is 12.4. The van der Waals surface area contributed by atoms with E-state index in [9.17, 15) is 18.0 Å². The second-order valence-electron chi connectivity index (χ2n) is 8.28. The Bertz CT molecular complexity index is 1210. The minimum atomic E-state index is -3.95. The first-order chi connectivity index (χ1) is 17.5. The molecule has 0 aliphatic rings. The maximum absolute atomic E-state index is 13.8. The predicted molar refractivity (Wildman–Crippen MR) is 146 cm³/mol. The van der Waals surface area contributed by atoms with Crippen LogP contribution >= 0.6 is 23.2 Å². The van der Waals surface area contributed by atoms with Crippen molar-refractivity contribution in [3.05, 3.63) is 52.0 Å². The highest BCUT2D eigenvalue weighted by Gasteiger charge is 2.33. The third-order valence-corrected chi connectivity index (χ3v) is 7.34. The van der Waals surface area contributed by atoms with Gasteiger partial charge in [0.25, 0.3) is 0 Å². The molecule has 0 aromatic heterocycles. The van der Waals surface area contributed by atoms with E-state index in [2.05, 4.69) is 5.32 Å². The number of benzene rings is 2. The summed E-state index contributed by atoms with van der Waals surface area (Å²) in [5, 5.41) is 3.57. The Hall–Kier alpha value is -2.69. The van der Waals surface area contributed by atoms with E-state index < -0.39 is 28.5 Å². The van der Waals surface area contributed by atoms with E-state index in [1.54, 1.807) is 37.3 Å². The minimum Gasteiger partial charge on any atom is -0.497 e. The summed E-state index contributed by atoms with van der Waals surface area (Å²) < 4.78 is 37.3. The number of methoxy groups -OCH3 is 2. The lowest BCUT2D eigenvalue weighted by atomic mass is 10.1. The van der Waals surface area contributed by atoms with Crippen LogP contribution in [0.2, 0.25) is 10.0 Å². The molecule has 1 N–H and O–H groups in total. The fourth-order valence-corrected chi connectivity index (χ4v) is 5.02. The number of hydrogen-bond donors (Lipinski definition) is 1. The van der Waals surface area contributed by atoms with Gasteiger partial charge in [0.2, 0.25) is 21.8 Å². The number of carbonyl (C=O) groups is 2. The standard InChI is InChI=1S/C25H33Cl2N3O6S/c1-6-12-28-25(32)21(7-2)29(15-17-8-9-18(26)13-20(17)27)24(31)16-30(37(5,33)34)22-14-19(35-3)10-11-23(22)36-4/h8-11,13-14,21H,6-7,12,15-16H2,1-5H3,(H,28,32)/t21-/m1/s1. The van der Waals surface area contributed by atoms with E-state index in [4.69, 9.17) is 32.7 Å². The van der Waals surface area contributed by atoms with Crippen LogP contribution in [0.4, 0.5) is 5.69 Å². The van der Waals surface area contributed by atoms with Gasteiger partial charge in [-0.05, 0) is 42.7 Å². The molecule has 0 unspecified atom stereocenters. The first kappa shape index (κ1) is 30.5. The van der Waals surface area contributed by atoms with Crippen LogP contribution in [0.25, 0.3) is 0 Å². The number of nitrogens with one attached hydrogen (secondary N) is 1. The Morgan fingerprint density at radius 3 is 2.30 bits per heavy atom. The number of hydrogen-bond acceptors (Lipinski definition) is 6. The number of ether oxygens (including phenoxy) is 2. The lowest BCUT2D eigenvalue weighted by molar-refractivity contribution is -0.140. The van der Waals surface area contributed by atoms with Crippen LogP contribution in [-0.4, -0.2) is 64.7 Å². The monoisotopic (exact) mass is 573 g/mol. The zero-order chi connectivity index (χ0) is 27.8. The molecule has 0 fully saturated rings. The quantitative estimate of drug-likeness (QED) is 0.386. The van der Waals surface area contributed by atoms with E-state index in [1.165, 1.54) is 25.2 Å². The summed E-state index contributed by atoms with van der Waals surface area (Å²) in [6, 6.07) is 8.62. The van der Waals surface area contributed by atoms with Gasteiger partial charge in [0.15, 0.2) is 0 Å². The average Bonchev–Trinajstić information content (AvgIpc) is 2.85. The second kappa shape index (κ2) is 13.7.